The number of para-hydroxylation sites is 1. The molecule has 0 bridgehead atoms. The van der Waals surface area contributed by atoms with Crippen LogP contribution in [0.15, 0.2) is 71.8 Å². The van der Waals surface area contributed by atoms with E-state index in [1.807, 2.05) is 66.7 Å². The number of carbonyl (C=O) groups excluding carboxylic acids is 1. The number of nitrogens with zero attached hydrogens (tertiary/aromatic N) is 1. The maximum Gasteiger partial charge on any atom is 0.277 e. The van der Waals surface area contributed by atoms with Crippen LogP contribution in [0, 0.1) is 0 Å². The Balaban J connectivity index is 1.54. The van der Waals surface area contributed by atoms with Crippen LogP contribution < -0.4 is 14.9 Å². The van der Waals surface area contributed by atoms with E-state index in [1.54, 1.807) is 7.11 Å². The van der Waals surface area contributed by atoms with Gasteiger partial charge in [-0.25, -0.2) is 5.43 Å². The number of rotatable bonds is 6. The van der Waals surface area contributed by atoms with E-state index in [4.69, 9.17) is 9.47 Å². The molecular formula is C20H18N2O3. The summed E-state index contributed by atoms with van der Waals surface area (Å²) in [6.07, 6.45) is 1.53. The van der Waals surface area contributed by atoms with Gasteiger partial charge in [0, 0.05) is 5.56 Å². The molecule has 0 saturated carbocycles. The Morgan fingerprint density at radius 3 is 2.64 bits per heavy atom. The molecule has 0 atom stereocenters. The fourth-order valence-corrected chi connectivity index (χ4v) is 2.39. The van der Waals surface area contributed by atoms with Crippen LogP contribution in [0.4, 0.5) is 0 Å². The molecule has 25 heavy (non-hydrogen) atoms. The Hall–Kier alpha value is -3.34. The predicted octanol–water partition coefficient (Wildman–Crippen LogP) is 3.38. The van der Waals surface area contributed by atoms with Gasteiger partial charge in [0.2, 0.25) is 0 Å². The van der Waals surface area contributed by atoms with Crippen LogP contribution >= 0.6 is 0 Å². The number of hydrazone groups is 1. The number of hydrogen-bond donors (Lipinski definition) is 1. The van der Waals surface area contributed by atoms with Crippen LogP contribution in [0.2, 0.25) is 0 Å². The summed E-state index contributed by atoms with van der Waals surface area (Å²) in [6, 6.07) is 21.1. The van der Waals surface area contributed by atoms with E-state index >= 15 is 0 Å². The normalized spacial score (nSPS) is 10.8. The minimum atomic E-state index is -0.334. The molecule has 0 heterocycles. The van der Waals surface area contributed by atoms with Gasteiger partial charge < -0.3 is 9.47 Å². The van der Waals surface area contributed by atoms with Crippen molar-refractivity contribution in [3.05, 3.63) is 72.3 Å². The van der Waals surface area contributed by atoms with E-state index in [0.29, 0.717) is 11.5 Å². The van der Waals surface area contributed by atoms with E-state index in [9.17, 15) is 4.79 Å². The fourth-order valence-electron chi connectivity index (χ4n) is 2.39. The minimum absolute atomic E-state index is 0.110. The molecule has 0 saturated heterocycles. The zero-order valence-corrected chi connectivity index (χ0v) is 13.8. The third kappa shape index (κ3) is 4.35. The zero-order chi connectivity index (χ0) is 17.5. The number of amides is 1. The Bertz CT molecular complexity index is 906. The number of methoxy groups -OCH3 is 1. The van der Waals surface area contributed by atoms with E-state index in [2.05, 4.69) is 10.5 Å². The highest BCUT2D eigenvalue weighted by molar-refractivity contribution is 5.86. The second-order valence-corrected chi connectivity index (χ2v) is 5.33. The molecule has 1 N–H and O–H groups in total. The Morgan fingerprint density at radius 1 is 1.04 bits per heavy atom. The van der Waals surface area contributed by atoms with Gasteiger partial charge in [-0.2, -0.15) is 5.10 Å². The Labute approximate surface area is 145 Å². The van der Waals surface area contributed by atoms with Crippen LogP contribution in [0.25, 0.3) is 10.8 Å². The summed E-state index contributed by atoms with van der Waals surface area (Å²) in [5.74, 6) is 0.995. The molecule has 0 aromatic heterocycles. The molecule has 0 aliphatic rings. The number of fused-ring (bicyclic) bond motifs is 1. The third-order valence-corrected chi connectivity index (χ3v) is 3.62. The first kappa shape index (κ1) is 16.5. The largest absolute Gasteiger partial charge is 0.496 e. The quantitative estimate of drug-likeness (QED) is 0.555. The maximum absolute atomic E-state index is 11.8. The van der Waals surface area contributed by atoms with Gasteiger partial charge in [0.05, 0.1) is 13.3 Å². The molecule has 0 fully saturated rings. The summed E-state index contributed by atoms with van der Waals surface area (Å²) < 4.78 is 10.7. The lowest BCUT2D eigenvalue weighted by Gasteiger charge is -2.06. The van der Waals surface area contributed by atoms with Crippen molar-refractivity contribution in [2.75, 3.05) is 13.7 Å². The standard InChI is InChI=1S/C20H18N2O3/c1-24-19-9-5-4-8-17(19)13-21-22-20(23)14-25-18-11-10-15-6-2-3-7-16(15)12-18/h2-13H,14H2,1H3,(H,22,23)/b21-13+. The second-order valence-electron chi connectivity index (χ2n) is 5.33. The monoisotopic (exact) mass is 334 g/mol. The number of ether oxygens (including phenoxy) is 2. The second kappa shape index (κ2) is 7.97. The zero-order valence-electron chi connectivity index (χ0n) is 13.8. The van der Waals surface area contributed by atoms with Crippen molar-refractivity contribution in [2.45, 2.75) is 0 Å². The van der Waals surface area contributed by atoms with Crippen molar-refractivity contribution in [2.24, 2.45) is 5.10 Å². The topological polar surface area (TPSA) is 59.9 Å². The first-order valence-electron chi connectivity index (χ1n) is 7.83. The number of carbonyl (C=O) groups is 1. The number of hydrogen-bond acceptors (Lipinski definition) is 4. The molecule has 0 spiro atoms. The number of benzene rings is 3. The SMILES string of the molecule is COc1ccccc1/C=N/NC(=O)COc1ccc2ccccc2c1. The number of nitrogens with one attached hydrogen (secondary N) is 1. The van der Waals surface area contributed by atoms with E-state index in [-0.39, 0.29) is 12.5 Å². The van der Waals surface area contributed by atoms with Gasteiger partial charge in [0.15, 0.2) is 6.61 Å². The van der Waals surface area contributed by atoms with Crippen molar-refractivity contribution in [3.63, 3.8) is 0 Å². The maximum atomic E-state index is 11.8. The molecule has 3 aromatic carbocycles. The van der Waals surface area contributed by atoms with E-state index in [0.717, 1.165) is 16.3 Å². The van der Waals surface area contributed by atoms with Gasteiger partial charge in [-0.15, -0.1) is 0 Å². The average Bonchev–Trinajstić information content (AvgIpc) is 2.66. The lowest BCUT2D eigenvalue weighted by atomic mass is 10.1. The van der Waals surface area contributed by atoms with Gasteiger partial charge in [0.25, 0.3) is 5.91 Å². The molecular weight excluding hydrogens is 316 g/mol. The Kier molecular flexibility index (Phi) is 5.26. The summed E-state index contributed by atoms with van der Waals surface area (Å²) in [5, 5.41) is 6.12. The van der Waals surface area contributed by atoms with Crippen molar-refractivity contribution in [1.29, 1.82) is 0 Å². The molecule has 5 heteroatoms. The fraction of sp³-hybridized carbons (Fsp3) is 0.100. The van der Waals surface area contributed by atoms with Gasteiger partial charge in [-0.05, 0) is 35.0 Å². The van der Waals surface area contributed by atoms with Crippen LogP contribution in [-0.2, 0) is 4.79 Å². The molecule has 3 aromatic rings. The molecule has 0 radical (unpaired) electrons. The summed E-state index contributed by atoms with van der Waals surface area (Å²) in [7, 11) is 1.59. The predicted molar refractivity (Wildman–Crippen MR) is 98.2 cm³/mol. The molecule has 5 nitrogen and oxygen atoms in total. The molecule has 0 aliphatic carbocycles. The highest BCUT2D eigenvalue weighted by Crippen LogP contribution is 2.20. The molecule has 0 unspecified atom stereocenters. The van der Waals surface area contributed by atoms with Crippen molar-refractivity contribution < 1.29 is 14.3 Å². The van der Waals surface area contributed by atoms with Crippen LogP contribution in [0.1, 0.15) is 5.56 Å². The van der Waals surface area contributed by atoms with Crippen molar-refractivity contribution >= 4 is 22.9 Å². The third-order valence-electron chi connectivity index (χ3n) is 3.62. The van der Waals surface area contributed by atoms with Gasteiger partial charge in [0.1, 0.15) is 11.5 Å². The highest BCUT2D eigenvalue weighted by Gasteiger charge is 2.03. The first-order chi connectivity index (χ1) is 12.3. The van der Waals surface area contributed by atoms with Gasteiger partial charge in [-0.3, -0.25) is 4.79 Å². The van der Waals surface area contributed by atoms with Crippen LogP contribution in [0.5, 0.6) is 11.5 Å². The van der Waals surface area contributed by atoms with Crippen molar-refractivity contribution in [3.8, 4) is 11.5 Å². The van der Waals surface area contributed by atoms with Crippen LogP contribution in [0.3, 0.4) is 0 Å². The van der Waals surface area contributed by atoms with E-state index < -0.39 is 0 Å². The molecule has 3 rings (SSSR count). The molecule has 0 aliphatic heterocycles. The van der Waals surface area contributed by atoms with E-state index in [1.165, 1.54) is 6.21 Å². The van der Waals surface area contributed by atoms with Crippen molar-refractivity contribution in [1.82, 2.24) is 5.43 Å². The summed E-state index contributed by atoms with van der Waals surface area (Å²) >= 11 is 0. The van der Waals surface area contributed by atoms with Gasteiger partial charge in [-0.1, -0.05) is 42.5 Å². The highest BCUT2D eigenvalue weighted by atomic mass is 16.5. The Morgan fingerprint density at radius 2 is 1.80 bits per heavy atom. The smallest absolute Gasteiger partial charge is 0.277 e. The van der Waals surface area contributed by atoms with Crippen LogP contribution in [-0.4, -0.2) is 25.8 Å². The first-order valence-corrected chi connectivity index (χ1v) is 7.83. The summed E-state index contributed by atoms with van der Waals surface area (Å²) in [4.78, 5) is 11.8. The van der Waals surface area contributed by atoms with Gasteiger partial charge >= 0.3 is 0 Å². The minimum Gasteiger partial charge on any atom is -0.496 e. The summed E-state index contributed by atoms with van der Waals surface area (Å²) in [6.45, 7) is -0.110. The average molecular weight is 334 g/mol. The molecule has 1 amide bonds. The lowest BCUT2D eigenvalue weighted by molar-refractivity contribution is -0.123. The summed E-state index contributed by atoms with van der Waals surface area (Å²) in [5.41, 5.74) is 3.22. The lowest BCUT2D eigenvalue weighted by Crippen LogP contribution is -2.24. The molecule has 126 valence electrons.